The molecular formula is C59H35N5O. The molecule has 0 atom stereocenters. The van der Waals surface area contributed by atoms with Gasteiger partial charge in [-0.25, -0.2) is 15.0 Å². The number of hydrogen-bond acceptors (Lipinski definition) is 4. The van der Waals surface area contributed by atoms with Gasteiger partial charge in [0, 0.05) is 49.3 Å². The van der Waals surface area contributed by atoms with Gasteiger partial charge in [0.1, 0.15) is 11.2 Å². The average Bonchev–Trinajstić information content (AvgIpc) is 4.02. The number of hydrogen-bond donors (Lipinski definition) is 0. The van der Waals surface area contributed by atoms with Gasteiger partial charge >= 0.3 is 0 Å². The molecule has 0 amide bonds. The Balaban J connectivity index is 1.09. The molecule has 302 valence electrons. The molecule has 0 N–H and O–H groups in total. The van der Waals surface area contributed by atoms with Gasteiger partial charge in [-0.2, -0.15) is 0 Å². The topological polar surface area (TPSA) is 61.7 Å². The maximum Gasteiger partial charge on any atom is 0.166 e. The first-order valence-corrected chi connectivity index (χ1v) is 21.9. The van der Waals surface area contributed by atoms with Gasteiger partial charge < -0.3 is 13.6 Å². The molecule has 6 heteroatoms. The fourth-order valence-corrected chi connectivity index (χ4v) is 10.2. The number of benzene rings is 10. The van der Waals surface area contributed by atoms with Crippen LogP contribution in [0.4, 0.5) is 0 Å². The van der Waals surface area contributed by atoms with E-state index in [-0.39, 0.29) is 0 Å². The SMILES string of the molecule is c1ccc(-n2c3ccccc3c3cc(-c4nc(-c5ccc6ccccc6c5)nc(-c5ccc6oc7ccccc7c6c5-n5c6ccccc6c6cc7ccccc7cc65)n4)ccc32)cc1. The first-order chi connectivity index (χ1) is 32.2. The van der Waals surface area contributed by atoms with Gasteiger partial charge in [-0.15, -0.1) is 0 Å². The fraction of sp³-hybridized carbons (Fsp3) is 0. The Morgan fingerprint density at radius 3 is 1.65 bits per heavy atom. The van der Waals surface area contributed by atoms with Crippen molar-refractivity contribution in [2.75, 3.05) is 0 Å². The molecule has 10 aromatic carbocycles. The molecule has 4 heterocycles. The molecule has 0 radical (unpaired) electrons. The summed E-state index contributed by atoms with van der Waals surface area (Å²) in [7, 11) is 0. The minimum absolute atomic E-state index is 0.568. The fourth-order valence-electron chi connectivity index (χ4n) is 10.2. The Labute approximate surface area is 371 Å². The minimum atomic E-state index is 0.568. The summed E-state index contributed by atoms with van der Waals surface area (Å²) in [4.78, 5) is 16.3. The molecule has 14 rings (SSSR count). The number of aromatic nitrogens is 5. The van der Waals surface area contributed by atoms with Crippen molar-refractivity contribution in [3.05, 3.63) is 212 Å². The molecule has 65 heavy (non-hydrogen) atoms. The van der Waals surface area contributed by atoms with Gasteiger partial charge in [0.15, 0.2) is 17.5 Å². The largest absolute Gasteiger partial charge is 0.456 e. The highest BCUT2D eigenvalue weighted by Gasteiger charge is 2.25. The predicted octanol–water partition coefficient (Wildman–Crippen LogP) is 15.3. The quantitative estimate of drug-likeness (QED) is 0.173. The van der Waals surface area contributed by atoms with Gasteiger partial charge in [0.25, 0.3) is 0 Å². The smallest absolute Gasteiger partial charge is 0.166 e. The van der Waals surface area contributed by atoms with E-state index >= 15 is 0 Å². The normalized spacial score (nSPS) is 12.0. The minimum Gasteiger partial charge on any atom is -0.456 e. The van der Waals surface area contributed by atoms with E-state index in [1.165, 1.54) is 21.5 Å². The van der Waals surface area contributed by atoms with Crippen LogP contribution in [0.25, 0.3) is 133 Å². The predicted molar refractivity (Wildman–Crippen MR) is 267 cm³/mol. The maximum atomic E-state index is 6.64. The van der Waals surface area contributed by atoms with Crippen LogP contribution in [-0.2, 0) is 0 Å². The molecular weight excluding hydrogens is 795 g/mol. The lowest BCUT2D eigenvalue weighted by molar-refractivity contribution is 0.669. The number of fused-ring (bicyclic) bond motifs is 11. The molecule has 14 aromatic rings. The highest BCUT2D eigenvalue weighted by molar-refractivity contribution is 6.18. The second-order valence-corrected chi connectivity index (χ2v) is 16.8. The summed E-state index contributed by atoms with van der Waals surface area (Å²) in [5.41, 5.74) is 10.8. The molecule has 0 fully saturated rings. The lowest BCUT2D eigenvalue weighted by Gasteiger charge is -2.16. The first-order valence-electron chi connectivity index (χ1n) is 21.9. The standard InChI is InChI=1S/C59H35N5O/c1-2-18-42(19-3-1)63-49-23-11-8-20-43(49)47-34-41(28-30-51(47)63)58-60-57(40-27-26-36-14-4-5-15-37(36)32-40)61-59(62-58)46-29-31-54-55(45-22-10-13-25-53(45)65-54)56(46)64-50-24-12-9-21-44(50)48-33-38-16-6-7-17-39(38)35-52(48)64/h1-35H. The highest BCUT2D eigenvalue weighted by atomic mass is 16.3. The summed E-state index contributed by atoms with van der Waals surface area (Å²) in [6, 6.07) is 75.0. The highest BCUT2D eigenvalue weighted by Crippen LogP contribution is 2.44. The Morgan fingerprint density at radius 2 is 0.877 bits per heavy atom. The monoisotopic (exact) mass is 829 g/mol. The second-order valence-electron chi connectivity index (χ2n) is 16.8. The van der Waals surface area contributed by atoms with Crippen molar-refractivity contribution in [1.29, 1.82) is 0 Å². The third-order valence-electron chi connectivity index (χ3n) is 13.1. The average molecular weight is 830 g/mol. The molecule has 0 aliphatic carbocycles. The van der Waals surface area contributed by atoms with Crippen LogP contribution in [0.3, 0.4) is 0 Å². The van der Waals surface area contributed by atoms with Crippen molar-refractivity contribution in [2.24, 2.45) is 0 Å². The Bertz CT molecular complexity index is 4250. The van der Waals surface area contributed by atoms with Crippen molar-refractivity contribution in [3.63, 3.8) is 0 Å². The van der Waals surface area contributed by atoms with Gasteiger partial charge in [0.05, 0.1) is 33.1 Å². The van der Waals surface area contributed by atoms with Crippen LogP contribution >= 0.6 is 0 Å². The van der Waals surface area contributed by atoms with E-state index in [1.807, 2.05) is 12.1 Å². The van der Waals surface area contributed by atoms with Gasteiger partial charge in [-0.05, 0) is 100 Å². The maximum absolute atomic E-state index is 6.64. The summed E-state index contributed by atoms with van der Waals surface area (Å²) in [5, 5.41) is 11.3. The van der Waals surface area contributed by atoms with Crippen LogP contribution in [0.5, 0.6) is 0 Å². The first kappa shape index (κ1) is 35.7. The molecule has 6 nitrogen and oxygen atoms in total. The van der Waals surface area contributed by atoms with E-state index in [2.05, 4.69) is 209 Å². The lowest BCUT2D eigenvalue weighted by atomic mass is 10.0. The van der Waals surface area contributed by atoms with Crippen molar-refractivity contribution >= 4 is 87.1 Å². The Kier molecular flexibility index (Phi) is 7.59. The third kappa shape index (κ3) is 5.44. The van der Waals surface area contributed by atoms with E-state index in [1.54, 1.807) is 0 Å². The van der Waals surface area contributed by atoms with Crippen LogP contribution in [0.15, 0.2) is 217 Å². The van der Waals surface area contributed by atoms with Gasteiger partial charge in [0.2, 0.25) is 0 Å². The van der Waals surface area contributed by atoms with Crippen LogP contribution in [0, 0.1) is 0 Å². The molecule has 0 unspecified atom stereocenters. The van der Waals surface area contributed by atoms with Crippen LogP contribution in [-0.4, -0.2) is 24.1 Å². The molecule has 0 aliphatic heterocycles. The lowest BCUT2D eigenvalue weighted by Crippen LogP contribution is -2.04. The summed E-state index contributed by atoms with van der Waals surface area (Å²) in [5.74, 6) is 1.76. The zero-order valence-corrected chi connectivity index (χ0v) is 34.9. The summed E-state index contributed by atoms with van der Waals surface area (Å²) in [6.45, 7) is 0. The molecule has 0 saturated heterocycles. The van der Waals surface area contributed by atoms with Crippen LogP contribution < -0.4 is 0 Å². The zero-order chi connectivity index (χ0) is 42.6. The van der Waals surface area contributed by atoms with Crippen molar-refractivity contribution in [2.45, 2.75) is 0 Å². The molecule has 0 bridgehead atoms. The van der Waals surface area contributed by atoms with Crippen molar-refractivity contribution < 1.29 is 4.42 Å². The number of furan rings is 1. The molecule has 0 spiro atoms. The van der Waals surface area contributed by atoms with Gasteiger partial charge in [-0.1, -0.05) is 133 Å². The second kappa shape index (κ2) is 13.8. The summed E-state index contributed by atoms with van der Waals surface area (Å²) >= 11 is 0. The Hall–Kier alpha value is -8.87. The Morgan fingerprint density at radius 1 is 0.323 bits per heavy atom. The van der Waals surface area contributed by atoms with Crippen LogP contribution in [0.2, 0.25) is 0 Å². The van der Waals surface area contributed by atoms with E-state index in [9.17, 15) is 0 Å². The summed E-state index contributed by atoms with van der Waals surface area (Å²) < 4.78 is 11.4. The molecule has 0 aliphatic rings. The number of rotatable bonds is 5. The van der Waals surface area contributed by atoms with E-state index < -0.39 is 0 Å². The zero-order valence-electron chi connectivity index (χ0n) is 34.9. The van der Waals surface area contributed by atoms with Gasteiger partial charge in [-0.3, -0.25) is 0 Å². The third-order valence-corrected chi connectivity index (χ3v) is 13.1. The molecule has 0 saturated carbocycles. The number of nitrogens with zero attached hydrogens (tertiary/aromatic N) is 5. The van der Waals surface area contributed by atoms with Crippen LogP contribution in [0.1, 0.15) is 0 Å². The van der Waals surface area contributed by atoms with E-state index in [4.69, 9.17) is 19.4 Å². The van der Waals surface area contributed by atoms with Crippen molar-refractivity contribution in [3.8, 4) is 45.5 Å². The van der Waals surface area contributed by atoms with E-state index in [0.717, 1.165) is 93.6 Å². The van der Waals surface area contributed by atoms with Crippen molar-refractivity contribution in [1.82, 2.24) is 24.1 Å². The van der Waals surface area contributed by atoms with E-state index in [0.29, 0.717) is 17.5 Å². The number of para-hydroxylation sites is 4. The molecule has 4 aromatic heterocycles. The summed E-state index contributed by atoms with van der Waals surface area (Å²) in [6.07, 6.45) is 0.